The molecule has 7 rings (SSSR count). The zero-order chi connectivity index (χ0) is 64.8. The van der Waals surface area contributed by atoms with Gasteiger partial charge in [0.1, 0.15) is 67.1 Å². The highest BCUT2D eigenvalue weighted by molar-refractivity contribution is 5.87. The number of benzene rings is 1. The summed E-state index contributed by atoms with van der Waals surface area (Å²) in [5, 5.41) is 81.2. The Morgan fingerprint density at radius 3 is 1.76 bits per heavy atom. The number of esters is 4. The zero-order valence-electron chi connectivity index (χ0n) is 53.1. The summed E-state index contributed by atoms with van der Waals surface area (Å²) >= 11 is 0. The minimum absolute atomic E-state index is 0.0426. The number of ether oxygens (including phenoxy) is 14. The largest absolute Gasteiger partial charge is 0.456 e. The first-order valence-corrected chi connectivity index (χ1v) is 32.3. The first-order valence-electron chi connectivity index (χ1n) is 32.3. The van der Waals surface area contributed by atoms with Crippen molar-refractivity contribution in [2.75, 3.05) is 0 Å². The fourth-order valence-corrected chi connectivity index (χ4v) is 11.8. The number of unbranched alkanes of at least 4 members (excludes halogenated alkanes) is 2. The molecule has 25 heteroatoms. The summed E-state index contributed by atoms with van der Waals surface area (Å²) in [4.78, 5) is 55.0. The molecule has 27 atom stereocenters. The lowest BCUT2D eigenvalue weighted by Gasteiger charge is -2.51. The van der Waals surface area contributed by atoms with Crippen molar-refractivity contribution in [2.45, 2.75) is 319 Å². The molecule has 6 heterocycles. The second-order valence-electron chi connectivity index (χ2n) is 25.0. The second kappa shape index (κ2) is 34.4. The maximum atomic E-state index is 14.3. The van der Waals surface area contributed by atoms with Crippen LogP contribution in [0.3, 0.4) is 0 Å². The highest BCUT2D eigenvalue weighted by Gasteiger charge is 2.59. The Bertz CT molecular complexity index is 2360. The van der Waals surface area contributed by atoms with E-state index in [1.807, 2.05) is 0 Å². The third-order valence-electron chi connectivity index (χ3n) is 17.6. The van der Waals surface area contributed by atoms with E-state index in [0.29, 0.717) is 24.8 Å². The maximum Gasteiger partial charge on any atom is 0.331 e. The molecule has 6 saturated heterocycles. The Labute approximate surface area is 522 Å². The Kier molecular flexibility index (Phi) is 28.0. The lowest BCUT2D eigenvalue weighted by molar-refractivity contribution is -0.399. The number of hydrogen-bond acceptors (Lipinski definition) is 25. The quantitative estimate of drug-likeness (QED) is 0.0465. The predicted octanol–water partition coefficient (Wildman–Crippen LogP) is 4.33. The van der Waals surface area contributed by atoms with Crippen molar-refractivity contribution in [2.24, 2.45) is 11.8 Å². The van der Waals surface area contributed by atoms with Crippen LogP contribution >= 0.6 is 0 Å². The van der Waals surface area contributed by atoms with Crippen molar-refractivity contribution in [3.63, 3.8) is 0 Å². The van der Waals surface area contributed by atoms with Gasteiger partial charge in [0, 0.05) is 12.5 Å². The average Bonchev–Trinajstić information content (AvgIpc) is 0.922. The SMILES string of the molecule is CCCCC[C@H]1CCCCCCCCCC(=O)O[C@H]2[C@H](O[C@H]3[C@H](O1)O[C@H](C)[C@H](O)[C@@H]3O)O[C@@H](C)[C@H](O[C@@H]1O[C@@H](C)[C@H](O[C@@H]3O[C@@H](C)[C@H](OC(=O)C(C)C)[C@@H](O)[C@H]3OC(=O)C=Cc3ccccc3)[C@@H](O[C@@H]3O[C@@H](C)[C@H](O)[C@@H](O)[C@H]3O)[C@H]1OC(=O)[C@H](C)CC)[C@H]2O. The Morgan fingerprint density at radius 1 is 0.528 bits per heavy atom. The summed E-state index contributed by atoms with van der Waals surface area (Å²) in [6.07, 6.45) is -26.4. The Hall–Kier alpha value is -3.84. The molecule has 506 valence electrons. The molecule has 0 unspecified atom stereocenters. The molecule has 1 aromatic rings. The van der Waals surface area contributed by atoms with Gasteiger partial charge in [-0.25, -0.2) is 4.79 Å². The highest BCUT2D eigenvalue weighted by atomic mass is 16.8. The molecular weight excluding hydrogens is 1170 g/mol. The zero-order valence-corrected chi connectivity index (χ0v) is 53.1. The number of hydrogen-bond donors (Lipinski definition) is 7. The van der Waals surface area contributed by atoms with Crippen LogP contribution in [0.4, 0.5) is 0 Å². The maximum absolute atomic E-state index is 14.3. The molecule has 0 bridgehead atoms. The molecule has 0 aromatic heterocycles. The van der Waals surface area contributed by atoms with Gasteiger partial charge in [0.15, 0.2) is 55.9 Å². The molecule has 0 saturated carbocycles. The molecule has 0 aliphatic carbocycles. The van der Waals surface area contributed by atoms with Crippen LogP contribution in [0, 0.1) is 11.8 Å². The number of rotatable bonds is 18. The van der Waals surface area contributed by atoms with Gasteiger partial charge in [0.25, 0.3) is 0 Å². The second-order valence-corrected chi connectivity index (χ2v) is 25.0. The monoisotopic (exact) mass is 1270 g/mol. The molecule has 25 nitrogen and oxygen atoms in total. The van der Waals surface area contributed by atoms with Crippen molar-refractivity contribution in [1.82, 2.24) is 0 Å². The van der Waals surface area contributed by atoms with Crippen LogP contribution in [0.2, 0.25) is 0 Å². The van der Waals surface area contributed by atoms with E-state index in [1.165, 1.54) is 33.8 Å². The Balaban J connectivity index is 1.25. The lowest BCUT2D eigenvalue weighted by atomic mass is 9.95. The van der Waals surface area contributed by atoms with E-state index in [9.17, 15) is 54.9 Å². The first kappa shape index (κ1) is 72.6. The summed E-state index contributed by atoms with van der Waals surface area (Å²) in [6, 6.07) is 8.80. The van der Waals surface area contributed by atoms with Gasteiger partial charge >= 0.3 is 23.9 Å². The van der Waals surface area contributed by atoms with E-state index < -0.39 is 189 Å². The van der Waals surface area contributed by atoms with E-state index >= 15 is 0 Å². The van der Waals surface area contributed by atoms with E-state index in [0.717, 1.165) is 63.9 Å². The van der Waals surface area contributed by atoms with Crippen LogP contribution < -0.4 is 0 Å². The highest BCUT2D eigenvalue weighted by Crippen LogP contribution is 2.40. The van der Waals surface area contributed by atoms with Gasteiger partial charge in [0.2, 0.25) is 0 Å². The Morgan fingerprint density at radius 2 is 1.09 bits per heavy atom. The molecule has 6 aliphatic heterocycles. The van der Waals surface area contributed by atoms with Crippen molar-refractivity contribution >= 4 is 30.0 Å². The van der Waals surface area contributed by atoms with E-state index in [1.54, 1.807) is 65.0 Å². The third kappa shape index (κ3) is 19.2. The molecule has 7 N–H and O–H groups in total. The molecule has 6 fully saturated rings. The van der Waals surface area contributed by atoms with E-state index in [-0.39, 0.29) is 18.9 Å². The molecule has 0 spiro atoms. The molecular formula is C64H100O25. The van der Waals surface area contributed by atoms with Crippen molar-refractivity contribution in [1.29, 1.82) is 0 Å². The van der Waals surface area contributed by atoms with Gasteiger partial charge in [0.05, 0.1) is 48.5 Å². The fourth-order valence-electron chi connectivity index (χ4n) is 11.8. The summed E-state index contributed by atoms with van der Waals surface area (Å²) < 4.78 is 88.9. The number of carbonyl (C=O) groups is 4. The van der Waals surface area contributed by atoms with Crippen LogP contribution in [0.5, 0.6) is 0 Å². The number of carbonyl (C=O) groups excluding carboxylic acids is 4. The van der Waals surface area contributed by atoms with Gasteiger partial charge in [-0.3, -0.25) is 14.4 Å². The molecule has 1 aromatic carbocycles. The number of aliphatic hydroxyl groups is 7. The third-order valence-corrected chi connectivity index (χ3v) is 17.6. The smallest absolute Gasteiger partial charge is 0.331 e. The number of aliphatic hydroxyl groups excluding tert-OH is 7. The van der Waals surface area contributed by atoms with Crippen LogP contribution in [0.25, 0.3) is 6.08 Å². The van der Waals surface area contributed by atoms with Crippen LogP contribution in [0.15, 0.2) is 36.4 Å². The van der Waals surface area contributed by atoms with Gasteiger partial charge in [-0.15, -0.1) is 0 Å². The molecule has 6 aliphatic rings. The number of fused-ring (bicyclic) bond motifs is 2. The summed E-state index contributed by atoms with van der Waals surface area (Å²) in [7, 11) is 0. The minimum Gasteiger partial charge on any atom is -0.456 e. The molecule has 0 amide bonds. The fraction of sp³-hybridized carbons (Fsp3) is 0.812. The molecule has 0 radical (unpaired) electrons. The normalized spacial score (nSPS) is 41.0. The summed E-state index contributed by atoms with van der Waals surface area (Å²) in [6.45, 7) is 16.2. The van der Waals surface area contributed by atoms with Gasteiger partial charge < -0.3 is 102 Å². The summed E-state index contributed by atoms with van der Waals surface area (Å²) in [5.41, 5.74) is 0.639. The standard InChI is InChI=1S/C64H100O25/c1-11-13-20-27-40-28-23-17-15-14-16-18-24-29-41(65)82-55-49(73)51(37(9)79-63(55)88-53-46(70)44(68)35(7)77-61(53)81-40)86-64-57(85-59(75)33(5)12-2)56(89-60-47(71)45(69)43(67)34(6)76-60)52(38(10)80-64)87-62-54(83-42(66)31-30-39-25-21-19-22-26-39)48(72)50(36(8)78-62)84-58(74)32(3)4/h19,21-22,25-26,30-38,40,43-57,60-64,67-73H,11-18,20,23-24,27-29H2,1-10H3/t33-,34+,35-,36+,37+,38+,40+,43+,44+,45-,46+,47-,48-,49-,50+,51+,52+,53-,54-,55-,56-,57-,60+,61+,62+,63+,64+/m1/s1. The van der Waals surface area contributed by atoms with Crippen LogP contribution in [0.1, 0.15) is 165 Å². The predicted molar refractivity (Wildman–Crippen MR) is 313 cm³/mol. The first-order chi connectivity index (χ1) is 42.4. The van der Waals surface area contributed by atoms with Gasteiger partial charge in [-0.1, -0.05) is 123 Å². The average molecular weight is 1270 g/mol. The van der Waals surface area contributed by atoms with Crippen molar-refractivity contribution in [3.8, 4) is 0 Å². The van der Waals surface area contributed by atoms with Crippen LogP contribution in [-0.4, -0.2) is 219 Å². The van der Waals surface area contributed by atoms with Crippen LogP contribution in [-0.2, 0) is 85.5 Å². The topological polar surface area (TPSA) is 339 Å². The van der Waals surface area contributed by atoms with Crippen molar-refractivity contribution in [3.05, 3.63) is 42.0 Å². The van der Waals surface area contributed by atoms with Gasteiger partial charge in [-0.2, -0.15) is 0 Å². The molecule has 89 heavy (non-hydrogen) atoms. The van der Waals surface area contributed by atoms with Gasteiger partial charge in [-0.05, 0) is 71.9 Å². The van der Waals surface area contributed by atoms with E-state index in [2.05, 4.69) is 6.92 Å². The lowest BCUT2D eigenvalue weighted by Crippen LogP contribution is -2.68. The minimum atomic E-state index is -1.95. The van der Waals surface area contributed by atoms with E-state index in [4.69, 9.17) is 66.3 Å². The summed E-state index contributed by atoms with van der Waals surface area (Å²) in [5.74, 6) is -4.61. The van der Waals surface area contributed by atoms with Crippen molar-refractivity contribution < 1.29 is 121 Å².